The molecule has 0 aliphatic carbocycles. The highest BCUT2D eigenvalue weighted by molar-refractivity contribution is 7.89. The summed E-state index contributed by atoms with van der Waals surface area (Å²) in [5, 5.41) is 4.16. The SMILES string of the molecule is COc1cccc(-c2nc(C3CCN(S(=O)(=O)c4cc(C)c(C)cc4C)CC3)no2)c1. The molecule has 0 amide bonds. The van der Waals surface area contributed by atoms with Gasteiger partial charge in [-0.2, -0.15) is 9.29 Å². The van der Waals surface area contributed by atoms with Gasteiger partial charge in [0.2, 0.25) is 10.0 Å². The van der Waals surface area contributed by atoms with Crippen molar-refractivity contribution in [3.05, 3.63) is 58.9 Å². The van der Waals surface area contributed by atoms with Gasteiger partial charge in [-0.05, 0) is 74.6 Å². The summed E-state index contributed by atoms with van der Waals surface area (Å²) >= 11 is 0. The van der Waals surface area contributed by atoms with Crippen LogP contribution in [0.4, 0.5) is 0 Å². The Balaban J connectivity index is 1.48. The van der Waals surface area contributed by atoms with Crippen LogP contribution in [0.2, 0.25) is 0 Å². The van der Waals surface area contributed by atoms with Gasteiger partial charge in [-0.1, -0.05) is 17.3 Å². The lowest BCUT2D eigenvalue weighted by molar-refractivity contribution is 0.307. The van der Waals surface area contributed by atoms with E-state index in [-0.39, 0.29) is 5.92 Å². The molecule has 164 valence electrons. The number of nitrogens with zero attached hydrogens (tertiary/aromatic N) is 3. The zero-order valence-electron chi connectivity index (χ0n) is 18.3. The molecule has 31 heavy (non-hydrogen) atoms. The number of aryl methyl sites for hydroxylation is 3. The van der Waals surface area contributed by atoms with Gasteiger partial charge < -0.3 is 9.26 Å². The first kappa shape index (κ1) is 21.5. The van der Waals surface area contributed by atoms with Crippen molar-refractivity contribution in [3.63, 3.8) is 0 Å². The third kappa shape index (κ3) is 4.22. The van der Waals surface area contributed by atoms with E-state index in [4.69, 9.17) is 9.26 Å². The van der Waals surface area contributed by atoms with Gasteiger partial charge in [-0.15, -0.1) is 0 Å². The van der Waals surface area contributed by atoms with Gasteiger partial charge in [0.05, 0.1) is 12.0 Å². The van der Waals surface area contributed by atoms with Gasteiger partial charge in [0.1, 0.15) is 5.75 Å². The van der Waals surface area contributed by atoms with Crippen molar-refractivity contribution in [2.45, 2.75) is 44.4 Å². The van der Waals surface area contributed by atoms with Crippen molar-refractivity contribution >= 4 is 10.0 Å². The van der Waals surface area contributed by atoms with Crippen LogP contribution in [0.5, 0.6) is 5.75 Å². The molecule has 1 aromatic heterocycles. The number of piperidine rings is 1. The topological polar surface area (TPSA) is 85.5 Å². The van der Waals surface area contributed by atoms with Crippen molar-refractivity contribution < 1.29 is 17.7 Å². The molecule has 8 heteroatoms. The molecule has 1 fully saturated rings. The maximum atomic E-state index is 13.2. The molecule has 1 saturated heterocycles. The van der Waals surface area contributed by atoms with Gasteiger partial charge in [-0.25, -0.2) is 8.42 Å². The number of hydrogen-bond donors (Lipinski definition) is 0. The molecular weight excluding hydrogens is 414 g/mol. The van der Waals surface area contributed by atoms with E-state index in [1.54, 1.807) is 17.5 Å². The maximum Gasteiger partial charge on any atom is 0.258 e. The minimum Gasteiger partial charge on any atom is -0.497 e. The Morgan fingerprint density at radius 1 is 1.03 bits per heavy atom. The predicted octanol–water partition coefficient (Wildman–Crippen LogP) is 4.24. The predicted molar refractivity (Wildman–Crippen MR) is 118 cm³/mol. The normalized spacial score (nSPS) is 15.9. The summed E-state index contributed by atoms with van der Waals surface area (Å²) in [6, 6.07) is 11.2. The number of aromatic nitrogens is 2. The van der Waals surface area contributed by atoms with Crippen LogP contribution in [0.1, 0.15) is 41.3 Å². The number of benzene rings is 2. The summed E-state index contributed by atoms with van der Waals surface area (Å²) in [5.74, 6) is 1.85. The molecule has 1 aliphatic rings. The van der Waals surface area contributed by atoms with E-state index in [2.05, 4.69) is 10.1 Å². The first-order chi connectivity index (χ1) is 14.8. The summed E-state index contributed by atoms with van der Waals surface area (Å²) in [5.41, 5.74) is 3.66. The second-order valence-electron chi connectivity index (χ2n) is 8.07. The van der Waals surface area contributed by atoms with Crippen LogP contribution in [-0.4, -0.2) is 43.1 Å². The fourth-order valence-electron chi connectivity index (χ4n) is 3.98. The molecule has 4 rings (SSSR count). The Kier molecular flexibility index (Phi) is 5.85. The number of hydrogen-bond acceptors (Lipinski definition) is 6. The van der Waals surface area contributed by atoms with Crippen LogP contribution in [-0.2, 0) is 10.0 Å². The molecule has 0 N–H and O–H groups in total. The third-order valence-corrected chi connectivity index (χ3v) is 8.03. The fraction of sp³-hybridized carbons (Fsp3) is 0.391. The highest BCUT2D eigenvalue weighted by Crippen LogP contribution is 2.32. The van der Waals surface area contributed by atoms with Crippen molar-refractivity contribution in [1.82, 2.24) is 14.4 Å². The molecule has 0 bridgehead atoms. The Labute approximate surface area is 183 Å². The average Bonchev–Trinajstić information content (AvgIpc) is 3.26. The highest BCUT2D eigenvalue weighted by Gasteiger charge is 2.32. The fourth-order valence-corrected chi connectivity index (χ4v) is 5.74. The number of ether oxygens (including phenoxy) is 1. The maximum absolute atomic E-state index is 13.2. The minimum absolute atomic E-state index is 0.0652. The van der Waals surface area contributed by atoms with Gasteiger partial charge in [0.15, 0.2) is 5.82 Å². The Morgan fingerprint density at radius 3 is 2.45 bits per heavy atom. The number of rotatable bonds is 5. The van der Waals surface area contributed by atoms with Gasteiger partial charge in [-0.3, -0.25) is 0 Å². The van der Waals surface area contributed by atoms with E-state index in [0.717, 1.165) is 28.0 Å². The minimum atomic E-state index is -3.53. The zero-order chi connectivity index (χ0) is 22.2. The van der Waals surface area contributed by atoms with Crippen LogP contribution in [0, 0.1) is 20.8 Å². The van der Waals surface area contributed by atoms with E-state index < -0.39 is 10.0 Å². The number of methoxy groups -OCH3 is 1. The monoisotopic (exact) mass is 441 g/mol. The summed E-state index contributed by atoms with van der Waals surface area (Å²) in [4.78, 5) is 4.96. The van der Waals surface area contributed by atoms with Crippen molar-refractivity contribution in [2.75, 3.05) is 20.2 Å². The third-order valence-electron chi connectivity index (χ3n) is 5.99. The quantitative estimate of drug-likeness (QED) is 0.589. The molecule has 0 atom stereocenters. The molecule has 7 nitrogen and oxygen atoms in total. The Bertz CT molecular complexity index is 1200. The van der Waals surface area contributed by atoms with Gasteiger partial charge >= 0.3 is 0 Å². The highest BCUT2D eigenvalue weighted by atomic mass is 32.2. The molecular formula is C23H27N3O4S. The Hall–Kier alpha value is -2.71. The molecule has 0 unspecified atom stereocenters. The van der Waals surface area contributed by atoms with Crippen molar-refractivity contribution in [3.8, 4) is 17.2 Å². The van der Waals surface area contributed by atoms with Crippen LogP contribution in [0.15, 0.2) is 45.8 Å². The Morgan fingerprint density at radius 2 is 1.74 bits per heavy atom. The molecule has 0 spiro atoms. The van der Waals surface area contributed by atoms with Crippen molar-refractivity contribution in [1.29, 1.82) is 0 Å². The van der Waals surface area contributed by atoms with E-state index in [1.807, 2.05) is 51.1 Å². The van der Waals surface area contributed by atoms with E-state index in [0.29, 0.717) is 42.5 Å². The van der Waals surface area contributed by atoms with Crippen LogP contribution in [0.25, 0.3) is 11.5 Å². The lowest BCUT2D eigenvalue weighted by Gasteiger charge is -2.30. The molecule has 2 heterocycles. The number of sulfonamides is 1. The second kappa shape index (κ2) is 8.43. The second-order valence-corrected chi connectivity index (χ2v) is 9.98. The van der Waals surface area contributed by atoms with Crippen LogP contribution < -0.4 is 4.74 Å². The van der Waals surface area contributed by atoms with E-state index in [1.165, 1.54) is 0 Å². The molecule has 0 radical (unpaired) electrons. The van der Waals surface area contributed by atoms with E-state index >= 15 is 0 Å². The lowest BCUT2D eigenvalue weighted by atomic mass is 9.97. The largest absolute Gasteiger partial charge is 0.497 e. The van der Waals surface area contributed by atoms with Crippen LogP contribution >= 0.6 is 0 Å². The smallest absolute Gasteiger partial charge is 0.258 e. The molecule has 0 saturated carbocycles. The standard InChI is InChI=1S/C23H27N3O4S/c1-15-12-17(3)21(13-16(15)2)31(27,28)26-10-8-18(9-11-26)22-24-23(30-25-22)19-6-5-7-20(14-19)29-4/h5-7,12-14,18H,8-11H2,1-4H3. The van der Waals surface area contributed by atoms with Gasteiger partial charge in [0.25, 0.3) is 5.89 Å². The summed E-state index contributed by atoms with van der Waals surface area (Å²) in [7, 11) is -1.92. The molecule has 2 aromatic carbocycles. The van der Waals surface area contributed by atoms with Gasteiger partial charge in [0, 0.05) is 24.6 Å². The average molecular weight is 442 g/mol. The van der Waals surface area contributed by atoms with E-state index in [9.17, 15) is 8.42 Å². The molecule has 1 aliphatic heterocycles. The summed E-state index contributed by atoms with van der Waals surface area (Å²) in [6.45, 7) is 6.65. The summed E-state index contributed by atoms with van der Waals surface area (Å²) in [6.07, 6.45) is 1.31. The lowest BCUT2D eigenvalue weighted by Crippen LogP contribution is -2.38. The summed E-state index contributed by atoms with van der Waals surface area (Å²) < 4.78 is 38.7. The zero-order valence-corrected chi connectivity index (χ0v) is 19.1. The van der Waals surface area contributed by atoms with Crippen molar-refractivity contribution in [2.24, 2.45) is 0 Å². The molecule has 3 aromatic rings. The first-order valence-electron chi connectivity index (χ1n) is 10.4. The van der Waals surface area contributed by atoms with Crippen LogP contribution in [0.3, 0.4) is 0 Å². The first-order valence-corrected chi connectivity index (χ1v) is 11.8.